The summed E-state index contributed by atoms with van der Waals surface area (Å²) in [6, 6.07) is 5.37. The van der Waals surface area contributed by atoms with Gasteiger partial charge in [-0.3, -0.25) is 4.79 Å². The van der Waals surface area contributed by atoms with Crippen LogP contribution in [0.3, 0.4) is 0 Å². The van der Waals surface area contributed by atoms with Gasteiger partial charge in [0.25, 0.3) is 5.91 Å². The molecule has 0 bridgehead atoms. The highest BCUT2D eigenvalue weighted by atomic mass is 16.5. The second-order valence-corrected chi connectivity index (χ2v) is 6.48. The van der Waals surface area contributed by atoms with Gasteiger partial charge >= 0.3 is 0 Å². The summed E-state index contributed by atoms with van der Waals surface area (Å²) in [7, 11) is 3.13. The van der Waals surface area contributed by atoms with Crippen LogP contribution in [0.5, 0.6) is 11.5 Å². The SMILES string of the molecule is CCCCCCCCCCCCNC(=O)c1c(OC)cccc1OC. The summed E-state index contributed by atoms with van der Waals surface area (Å²) in [5.74, 6) is 0.949. The van der Waals surface area contributed by atoms with Crippen molar-refractivity contribution in [1.29, 1.82) is 0 Å². The number of unbranched alkanes of at least 4 members (excludes halogenated alkanes) is 9. The maximum Gasteiger partial charge on any atom is 0.258 e. The number of benzene rings is 1. The summed E-state index contributed by atoms with van der Waals surface area (Å²) in [6.07, 6.45) is 12.9. The number of nitrogens with one attached hydrogen (secondary N) is 1. The van der Waals surface area contributed by atoms with E-state index in [0.717, 1.165) is 12.8 Å². The van der Waals surface area contributed by atoms with E-state index in [4.69, 9.17) is 9.47 Å². The minimum Gasteiger partial charge on any atom is -0.496 e. The molecule has 0 spiro atoms. The van der Waals surface area contributed by atoms with Gasteiger partial charge in [-0.2, -0.15) is 0 Å². The molecule has 0 saturated heterocycles. The fourth-order valence-corrected chi connectivity index (χ4v) is 2.98. The molecule has 0 atom stereocenters. The number of carbonyl (C=O) groups excluding carboxylic acids is 1. The number of methoxy groups -OCH3 is 2. The molecule has 0 saturated carbocycles. The number of ether oxygens (including phenoxy) is 2. The summed E-state index contributed by atoms with van der Waals surface area (Å²) in [5, 5.41) is 2.97. The van der Waals surface area contributed by atoms with E-state index < -0.39 is 0 Å². The van der Waals surface area contributed by atoms with Crippen molar-refractivity contribution in [3.05, 3.63) is 23.8 Å². The molecule has 0 heterocycles. The fourth-order valence-electron chi connectivity index (χ4n) is 2.98. The minimum atomic E-state index is -0.134. The van der Waals surface area contributed by atoms with Gasteiger partial charge in [0.05, 0.1) is 14.2 Å². The second-order valence-electron chi connectivity index (χ2n) is 6.48. The van der Waals surface area contributed by atoms with Gasteiger partial charge in [0.2, 0.25) is 0 Å². The average molecular weight is 350 g/mol. The molecular weight excluding hydrogens is 314 g/mol. The zero-order valence-electron chi connectivity index (χ0n) is 16.2. The lowest BCUT2D eigenvalue weighted by Gasteiger charge is -2.13. The molecule has 0 aliphatic carbocycles. The van der Waals surface area contributed by atoms with E-state index in [1.54, 1.807) is 26.4 Å². The summed E-state index contributed by atoms with van der Waals surface area (Å²) in [6.45, 7) is 2.94. The van der Waals surface area contributed by atoms with Crippen LogP contribution in [0.4, 0.5) is 0 Å². The molecule has 1 amide bonds. The van der Waals surface area contributed by atoms with Crippen LogP contribution in [0.1, 0.15) is 81.5 Å². The van der Waals surface area contributed by atoms with Crippen molar-refractivity contribution in [2.45, 2.75) is 71.1 Å². The zero-order chi connectivity index (χ0) is 18.3. The predicted molar refractivity (Wildman–Crippen MR) is 104 cm³/mol. The third-order valence-electron chi connectivity index (χ3n) is 4.47. The average Bonchev–Trinajstić information content (AvgIpc) is 2.65. The van der Waals surface area contributed by atoms with Crippen LogP contribution < -0.4 is 14.8 Å². The van der Waals surface area contributed by atoms with E-state index in [9.17, 15) is 4.79 Å². The molecule has 4 heteroatoms. The first-order valence-corrected chi connectivity index (χ1v) is 9.73. The Morgan fingerprint density at radius 2 is 1.32 bits per heavy atom. The van der Waals surface area contributed by atoms with Crippen molar-refractivity contribution in [3.8, 4) is 11.5 Å². The first kappa shape index (κ1) is 21.3. The van der Waals surface area contributed by atoms with E-state index in [1.165, 1.54) is 51.4 Å². The molecule has 1 rings (SSSR count). The summed E-state index contributed by atoms with van der Waals surface area (Å²) >= 11 is 0. The number of hydrogen-bond donors (Lipinski definition) is 1. The molecule has 25 heavy (non-hydrogen) atoms. The van der Waals surface area contributed by atoms with Crippen molar-refractivity contribution < 1.29 is 14.3 Å². The highest BCUT2D eigenvalue weighted by Crippen LogP contribution is 2.27. The Balaban J connectivity index is 2.17. The number of carbonyl (C=O) groups is 1. The van der Waals surface area contributed by atoms with Crippen LogP contribution in [0, 0.1) is 0 Å². The van der Waals surface area contributed by atoms with Crippen molar-refractivity contribution in [2.75, 3.05) is 20.8 Å². The Kier molecular flexibility index (Phi) is 11.6. The van der Waals surface area contributed by atoms with Crippen LogP contribution in [-0.2, 0) is 0 Å². The molecule has 1 aromatic rings. The van der Waals surface area contributed by atoms with Crippen molar-refractivity contribution in [1.82, 2.24) is 5.32 Å². The maximum absolute atomic E-state index is 12.4. The summed E-state index contributed by atoms with van der Waals surface area (Å²) < 4.78 is 10.5. The Morgan fingerprint density at radius 1 is 0.840 bits per heavy atom. The molecule has 1 aromatic carbocycles. The van der Waals surface area contributed by atoms with Gasteiger partial charge < -0.3 is 14.8 Å². The Labute approximate surface area is 153 Å². The lowest BCUT2D eigenvalue weighted by Crippen LogP contribution is -2.25. The van der Waals surface area contributed by atoms with E-state index in [-0.39, 0.29) is 5.91 Å². The van der Waals surface area contributed by atoms with Gasteiger partial charge in [0, 0.05) is 6.54 Å². The third-order valence-corrected chi connectivity index (χ3v) is 4.47. The van der Waals surface area contributed by atoms with Gasteiger partial charge in [-0.15, -0.1) is 0 Å². The second kappa shape index (κ2) is 13.6. The smallest absolute Gasteiger partial charge is 0.258 e. The number of amides is 1. The zero-order valence-corrected chi connectivity index (χ0v) is 16.2. The van der Waals surface area contributed by atoms with Crippen LogP contribution in [0.25, 0.3) is 0 Å². The van der Waals surface area contributed by atoms with E-state index in [2.05, 4.69) is 12.2 Å². The molecule has 142 valence electrons. The van der Waals surface area contributed by atoms with Gasteiger partial charge in [-0.05, 0) is 18.6 Å². The number of hydrogen-bond acceptors (Lipinski definition) is 3. The summed E-state index contributed by atoms with van der Waals surface area (Å²) in [4.78, 5) is 12.4. The van der Waals surface area contributed by atoms with Crippen LogP contribution in [-0.4, -0.2) is 26.7 Å². The Bertz CT molecular complexity index is 466. The van der Waals surface area contributed by atoms with Gasteiger partial charge in [0.15, 0.2) is 0 Å². The normalized spacial score (nSPS) is 10.5. The summed E-state index contributed by atoms with van der Waals surface area (Å²) in [5.41, 5.74) is 0.472. The standard InChI is InChI=1S/C21H35NO3/c1-4-5-6-7-8-9-10-11-12-13-17-22-21(23)20-18(24-2)15-14-16-19(20)25-3/h14-16H,4-13,17H2,1-3H3,(H,22,23). The quantitative estimate of drug-likeness (QED) is 0.460. The van der Waals surface area contributed by atoms with Crippen molar-refractivity contribution in [2.24, 2.45) is 0 Å². The largest absolute Gasteiger partial charge is 0.496 e. The van der Waals surface area contributed by atoms with Crippen molar-refractivity contribution in [3.63, 3.8) is 0 Å². The van der Waals surface area contributed by atoms with Crippen LogP contribution in [0.2, 0.25) is 0 Å². The van der Waals surface area contributed by atoms with Crippen LogP contribution in [0.15, 0.2) is 18.2 Å². The van der Waals surface area contributed by atoms with E-state index in [1.807, 2.05) is 6.07 Å². The highest BCUT2D eigenvalue weighted by molar-refractivity contribution is 5.99. The molecular formula is C21H35NO3. The molecule has 0 aliphatic rings. The molecule has 1 N–H and O–H groups in total. The molecule has 0 unspecified atom stereocenters. The maximum atomic E-state index is 12.4. The Morgan fingerprint density at radius 3 is 1.80 bits per heavy atom. The molecule has 0 aliphatic heterocycles. The van der Waals surface area contributed by atoms with Gasteiger partial charge in [0.1, 0.15) is 17.1 Å². The van der Waals surface area contributed by atoms with E-state index >= 15 is 0 Å². The third kappa shape index (κ3) is 8.28. The highest BCUT2D eigenvalue weighted by Gasteiger charge is 2.17. The van der Waals surface area contributed by atoms with Gasteiger partial charge in [-0.1, -0.05) is 70.8 Å². The fraction of sp³-hybridized carbons (Fsp3) is 0.667. The lowest BCUT2D eigenvalue weighted by atomic mass is 10.1. The van der Waals surface area contributed by atoms with Gasteiger partial charge in [-0.25, -0.2) is 0 Å². The molecule has 0 fully saturated rings. The Hall–Kier alpha value is -1.71. The first-order chi connectivity index (χ1) is 12.2. The van der Waals surface area contributed by atoms with Crippen LogP contribution >= 0.6 is 0 Å². The topological polar surface area (TPSA) is 47.6 Å². The van der Waals surface area contributed by atoms with Crippen molar-refractivity contribution >= 4 is 5.91 Å². The molecule has 0 aromatic heterocycles. The first-order valence-electron chi connectivity index (χ1n) is 9.73. The predicted octanol–water partition coefficient (Wildman–Crippen LogP) is 5.35. The molecule has 0 radical (unpaired) electrons. The minimum absolute atomic E-state index is 0.134. The monoisotopic (exact) mass is 349 g/mol. The molecule has 4 nitrogen and oxygen atoms in total. The van der Waals surface area contributed by atoms with E-state index in [0.29, 0.717) is 23.6 Å². The number of rotatable bonds is 14. The lowest BCUT2D eigenvalue weighted by molar-refractivity contribution is 0.0946.